The van der Waals surface area contributed by atoms with Gasteiger partial charge in [-0.15, -0.1) is 0 Å². The van der Waals surface area contributed by atoms with Gasteiger partial charge in [0, 0.05) is 13.6 Å². The van der Waals surface area contributed by atoms with Gasteiger partial charge in [0.2, 0.25) is 5.95 Å². The number of rotatable bonds is 19. The lowest BCUT2D eigenvalue weighted by Crippen LogP contribution is -2.29. The van der Waals surface area contributed by atoms with Gasteiger partial charge >= 0.3 is 5.69 Å². The maximum atomic E-state index is 12.7. The first kappa shape index (κ1) is 31.2. The highest BCUT2D eigenvalue weighted by atomic mass is 16.5. The van der Waals surface area contributed by atoms with E-state index in [-0.39, 0.29) is 0 Å². The summed E-state index contributed by atoms with van der Waals surface area (Å²) in [5.41, 5.74) is 4.56. The molecule has 2 N–H and O–H groups in total. The number of benzene rings is 1. The molecular weight excluding hydrogens is 504 g/mol. The first-order valence-electron chi connectivity index (χ1n) is 15.1. The fourth-order valence-corrected chi connectivity index (χ4v) is 5.03. The van der Waals surface area contributed by atoms with E-state index >= 15 is 0 Å². The summed E-state index contributed by atoms with van der Waals surface area (Å²) in [6, 6.07) is 7.64. The number of aryl methyl sites for hydroxylation is 2. The Hall–Kier alpha value is -3.36. The topological polar surface area (TPSA) is 106 Å². The van der Waals surface area contributed by atoms with Crippen molar-refractivity contribution in [2.24, 2.45) is 12.1 Å². The largest absolute Gasteiger partial charge is 0.497 e. The second kappa shape index (κ2) is 16.7. The first-order chi connectivity index (χ1) is 19.5. The molecule has 0 aliphatic rings. The number of methoxy groups -OCH3 is 1. The van der Waals surface area contributed by atoms with E-state index in [4.69, 9.17) is 4.74 Å². The number of imidazole rings is 1. The second-order valence-electron chi connectivity index (χ2n) is 10.7. The van der Waals surface area contributed by atoms with Crippen LogP contribution in [0.3, 0.4) is 0 Å². The molecule has 0 saturated carbocycles. The molecule has 3 rings (SSSR count). The molecule has 9 nitrogen and oxygen atoms in total. The van der Waals surface area contributed by atoms with Crippen molar-refractivity contribution in [3.05, 3.63) is 50.7 Å². The third-order valence-electron chi connectivity index (χ3n) is 7.57. The van der Waals surface area contributed by atoms with E-state index in [2.05, 4.69) is 27.4 Å². The average molecular weight is 553 g/mol. The van der Waals surface area contributed by atoms with Gasteiger partial charge in [0.25, 0.3) is 5.56 Å². The van der Waals surface area contributed by atoms with E-state index in [9.17, 15) is 9.59 Å². The molecule has 0 unspecified atom stereocenters. The molecule has 3 aromatic rings. The summed E-state index contributed by atoms with van der Waals surface area (Å²) in [5, 5.41) is 4.52. The summed E-state index contributed by atoms with van der Waals surface area (Å²) < 4.78 is 8.44. The number of hydrogen-bond donors (Lipinski definition) is 2. The molecule has 0 aliphatic carbocycles. The number of hydrogen-bond acceptors (Lipinski definition) is 6. The zero-order valence-electron chi connectivity index (χ0n) is 24.9. The van der Waals surface area contributed by atoms with Crippen molar-refractivity contribution >= 4 is 22.8 Å². The summed E-state index contributed by atoms with van der Waals surface area (Å²) in [7, 11) is 3.25. The maximum absolute atomic E-state index is 12.7. The first-order valence-corrected chi connectivity index (χ1v) is 15.1. The molecule has 9 heteroatoms. The molecule has 0 fully saturated rings. The molecule has 0 bridgehead atoms. The molecule has 2 aromatic heterocycles. The van der Waals surface area contributed by atoms with Gasteiger partial charge in [0.15, 0.2) is 11.2 Å². The van der Waals surface area contributed by atoms with E-state index < -0.39 is 11.2 Å². The minimum atomic E-state index is -0.483. The quantitative estimate of drug-likeness (QED) is 0.0972. The van der Waals surface area contributed by atoms with Gasteiger partial charge in [-0.25, -0.2) is 10.2 Å². The van der Waals surface area contributed by atoms with Gasteiger partial charge in [0.1, 0.15) is 5.75 Å². The minimum absolute atomic E-state index is 0.346. The number of anilines is 1. The predicted molar refractivity (Wildman–Crippen MR) is 165 cm³/mol. The molecule has 0 amide bonds. The van der Waals surface area contributed by atoms with Crippen molar-refractivity contribution in [1.82, 2.24) is 19.1 Å². The number of unbranched alkanes of at least 4 members (excludes halogenated alkanes) is 13. The van der Waals surface area contributed by atoms with Crippen LogP contribution in [-0.2, 0) is 13.6 Å². The second-order valence-corrected chi connectivity index (χ2v) is 10.7. The van der Waals surface area contributed by atoms with Crippen LogP contribution in [-0.4, -0.2) is 31.9 Å². The number of ether oxygens (including phenoxy) is 1. The third kappa shape index (κ3) is 9.10. The Kier molecular flexibility index (Phi) is 13.0. The number of aromatic amines is 1. The van der Waals surface area contributed by atoms with E-state index in [0.29, 0.717) is 23.7 Å². The highest BCUT2D eigenvalue weighted by Crippen LogP contribution is 2.19. The van der Waals surface area contributed by atoms with Crippen LogP contribution in [0.2, 0.25) is 0 Å². The van der Waals surface area contributed by atoms with Gasteiger partial charge in [-0.3, -0.25) is 14.3 Å². The lowest BCUT2D eigenvalue weighted by Gasteiger charge is -2.09. The van der Waals surface area contributed by atoms with E-state index in [0.717, 1.165) is 29.9 Å². The monoisotopic (exact) mass is 552 g/mol. The lowest BCUT2D eigenvalue weighted by atomic mass is 10.0. The Morgan fingerprint density at radius 3 is 2.00 bits per heavy atom. The summed E-state index contributed by atoms with van der Waals surface area (Å²) in [5.74, 6) is 1.23. The van der Waals surface area contributed by atoms with Crippen molar-refractivity contribution in [1.29, 1.82) is 0 Å². The van der Waals surface area contributed by atoms with Gasteiger partial charge in [-0.2, -0.15) is 10.1 Å². The zero-order valence-corrected chi connectivity index (χ0v) is 24.9. The maximum Gasteiger partial charge on any atom is 0.329 e. The van der Waals surface area contributed by atoms with Crippen LogP contribution in [0, 0.1) is 0 Å². The number of hydrazone groups is 1. The van der Waals surface area contributed by atoms with Gasteiger partial charge < -0.3 is 9.30 Å². The van der Waals surface area contributed by atoms with Crippen molar-refractivity contribution in [3.8, 4) is 5.75 Å². The Morgan fingerprint density at radius 2 is 1.45 bits per heavy atom. The summed E-state index contributed by atoms with van der Waals surface area (Å²) in [6.07, 6.45) is 18.0. The van der Waals surface area contributed by atoms with Crippen LogP contribution in [0.1, 0.15) is 109 Å². The summed E-state index contributed by atoms with van der Waals surface area (Å²) in [6.45, 7) is 4.79. The van der Waals surface area contributed by atoms with Crippen molar-refractivity contribution in [2.75, 3.05) is 12.5 Å². The summed E-state index contributed by atoms with van der Waals surface area (Å²) in [4.78, 5) is 31.9. The van der Waals surface area contributed by atoms with Crippen LogP contribution >= 0.6 is 0 Å². The predicted octanol–water partition coefficient (Wildman–Crippen LogP) is 6.75. The molecule has 220 valence electrons. The zero-order chi connectivity index (χ0) is 28.7. The van der Waals surface area contributed by atoms with Crippen LogP contribution in [0.5, 0.6) is 5.75 Å². The molecule has 0 spiro atoms. The van der Waals surface area contributed by atoms with Gasteiger partial charge in [0.05, 0.1) is 12.8 Å². The molecule has 0 saturated heterocycles. The van der Waals surface area contributed by atoms with Crippen LogP contribution in [0.15, 0.2) is 39.0 Å². The number of fused-ring (bicyclic) bond motifs is 1. The molecule has 1 aromatic carbocycles. The van der Waals surface area contributed by atoms with Gasteiger partial charge in [-0.1, -0.05) is 90.4 Å². The number of nitrogens with zero attached hydrogens (tertiary/aromatic N) is 4. The van der Waals surface area contributed by atoms with Crippen molar-refractivity contribution in [2.45, 2.75) is 110 Å². The van der Waals surface area contributed by atoms with E-state index in [1.807, 2.05) is 35.8 Å². The Bertz CT molecular complexity index is 1320. The Morgan fingerprint density at radius 1 is 0.900 bits per heavy atom. The molecule has 2 heterocycles. The standard InChI is InChI=1S/C31H48N6O3/c1-5-6-7-8-9-10-11-12-13-14-15-16-17-18-23-37-27-28(36(3)31(39)33-29(27)38)32-30(37)35-34-24(2)25-19-21-26(40-4)22-20-25/h19-22H,5-18,23H2,1-4H3,(H,32,35)(H,33,38,39)/b34-24-. The highest BCUT2D eigenvalue weighted by Gasteiger charge is 2.17. The van der Waals surface area contributed by atoms with E-state index in [1.54, 1.807) is 14.2 Å². The highest BCUT2D eigenvalue weighted by molar-refractivity contribution is 5.99. The van der Waals surface area contributed by atoms with Gasteiger partial charge in [-0.05, 0) is 43.2 Å². The molecular formula is C31H48N6O3. The molecule has 40 heavy (non-hydrogen) atoms. The number of H-pyrrole nitrogens is 1. The van der Waals surface area contributed by atoms with Crippen LogP contribution < -0.4 is 21.4 Å². The van der Waals surface area contributed by atoms with Crippen LogP contribution in [0.4, 0.5) is 5.95 Å². The van der Waals surface area contributed by atoms with E-state index in [1.165, 1.54) is 81.6 Å². The van der Waals surface area contributed by atoms with Crippen molar-refractivity contribution in [3.63, 3.8) is 0 Å². The lowest BCUT2D eigenvalue weighted by molar-refractivity contribution is 0.415. The van der Waals surface area contributed by atoms with Crippen molar-refractivity contribution < 1.29 is 4.74 Å². The van der Waals surface area contributed by atoms with Crippen LogP contribution in [0.25, 0.3) is 11.2 Å². The average Bonchev–Trinajstić information content (AvgIpc) is 3.34. The fraction of sp³-hybridized carbons (Fsp3) is 0.613. The minimum Gasteiger partial charge on any atom is -0.497 e. The Balaban J connectivity index is 1.53. The number of aromatic nitrogens is 4. The molecule has 0 radical (unpaired) electrons. The summed E-state index contributed by atoms with van der Waals surface area (Å²) >= 11 is 0. The normalized spacial score (nSPS) is 11.8. The third-order valence-corrected chi connectivity index (χ3v) is 7.57. The Labute approximate surface area is 238 Å². The SMILES string of the molecule is CCCCCCCCCCCCCCCCn1c(N/N=C(/C)c2ccc(OC)cc2)nc2c1c(=O)[nH]c(=O)n2C. The molecule has 0 aliphatic heterocycles. The fourth-order valence-electron chi connectivity index (χ4n) is 5.03. The smallest absolute Gasteiger partial charge is 0.329 e. The molecule has 0 atom stereocenters. The number of nitrogens with one attached hydrogen (secondary N) is 2.